The van der Waals surface area contributed by atoms with E-state index in [1.807, 2.05) is 18.2 Å². The Morgan fingerprint density at radius 1 is 1.29 bits per heavy atom. The molecule has 0 aliphatic heterocycles. The molecule has 0 nitrogen and oxygen atoms in total. The van der Waals surface area contributed by atoms with Gasteiger partial charge in [0.25, 0.3) is 0 Å². The predicted molar refractivity (Wildman–Crippen MR) is 68.4 cm³/mol. The minimum atomic E-state index is -1.57. The molecule has 0 aromatic heterocycles. The first kappa shape index (κ1) is 11.8. The fourth-order valence-corrected chi connectivity index (χ4v) is 3.41. The van der Waals surface area contributed by atoms with Gasteiger partial charge in [-0.3, -0.25) is 0 Å². The Labute approximate surface area is 96.6 Å². The van der Waals surface area contributed by atoms with Gasteiger partial charge in [-0.2, -0.15) is 0 Å². The lowest BCUT2D eigenvalue weighted by Crippen LogP contribution is -2.02. The zero-order valence-electron chi connectivity index (χ0n) is 8.16. The first-order valence-corrected chi connectivity index (χ1v) is 8.91. The van der Waals surface area contributed by atoms with E-state index >= 15 is 0 Å². The van der Waals surface area contributed by atoms with Crippen LogP contribution in [0.1, 0.15) is 18.9 Å². The van der Waals surface area contributed by atoms with Gasteiger partial charge >= 0.3 is 0 Å². The highest BCUT2D eigenvalue weighted by molar-refractivity contribution is 7.34. The topological polar surface area (TPSA) is 0 Å². The summed E-state index contributed by atoms with van der Waals surface area (Å²) in [5.41, 5.74) is 1.58. The smallest absolute Gasteiger partial charge is 0.150 e. The highest BCUT2D eigenvalue weighted by Crippen LogP contribution is 2.23. The van der Waals surface area contributed by atoms with Crippen molar-refractivity contribution in [3.63, 3.8) is 0 Å². The molecule has 0 spiro atoms. The molecule has 1 aromatic rings. The Kier molecular flexibility index (Phi) is 5.31. The Morgan fingerprint density at radius 2 is 1.93 bits per heavy atom. The molecule has 0 bridgehead atoms. The van der Waals surface area contributed by atoms with Gasteiger partial charge in [-0.1, -0.05) is 55.8 Å². The van der Waals surface area contributed by atoms with Crippen molar-refractivity contribution in [1.82, 2.24) is 0 Å². The second-order valence-electron chi connectivity index (χ2n) is 3.18. The zero-order chi connectivity index (χ0) is 10.4. The van der Waals surface area contributed by atoms with Gasteiger partial charge in [0.2, 0.25) is 7.42 Å². The van der Waals surface area contributed by atoms with Crippen LogP contribution in [0, 0.1) is 0 Å². The zero-order valence-corrected chi connectivity index (χ0v) is 10.8. The Hall–Kier alpha value is -0.243. The van der Waals surface area contributed by atoms with Crippen LogP contribution < -0.4 is 0 Å². The molecule has 0 amide bonds. The summed E-state index contributed by atoms with van der Waals surface area (Å²) in [7, 11) is -1.57. The fourth-order valence-electron chi connectivity index (χ4n) is 1.20. The van der Waals surface area contributed by atoms with Gasteiger partial charge in [0.15, 0.2) is 0 Å². The third-order valence-corrected chi connectivity index (χ3v) is 5.41. The lowest BCUT2D eigenvalue weighted by atomic mass is 10.2. The molecule has 1 atom stereocenters. The summed E-state index contributed by atoms with van der Waals surface area (Å²) in [6.45, 7) is 2.12. The number of hydrogen-bond acceptors (Lipinski definition) is 0. The number of halogens is 2. The third kappa shape index (κ3) is 3.87. The molecule has 0 fully saturated rings. The molecule has 0 heterocycles. The van der Waals surface area contributed by atoms with Gasteiger partial charge in [-0.25, -0.2) is 0 Å². The molecule has 0 saturated carbocycles. The van der Waals surface area contributed by atoms with E-state index in [9.17, 15) is 0 Å². The van der Waals surface area contributed by atoms with Crippen molar-refractivity contribution in [3.05, 3.63) is 42.0 Å². The molecule has 0 aliphatic carbocycles. The van der Waals surface area contributed by atoms with Crippen LogP contribution in [0.25, 0.3) is 6.08 Å². The molecule has 3 heteroatoms. The summed E-state index contributed by atoms with van der Waals surface area (Å²) in [6, 6.07) is 10.2. The van der Waals surface area contributed by atoms with Gasteiger partial charge in [0.05, 0.1) is 0 Å². The molecule has 1 rings (SSSR count). The van der Waals surface area contributed by atoms with Gasteiger partial charge in [0.1, 0.15) is 0 Å². The first-order chi connectivity index (χ1) is 6.74. The SMILES string of the molecule is CCC(/C=C/c1ccccc1)[SiH](Cl)Cl. The Morgan fingerprint density at radius 3 is 2.43 bits per heavy atom. The van der Waals surface area contributed by atoms with Gasteiger partial charge in [-0.15, -0.1) is 22.2 Å². The first-order valence-electron chi connectivity index (χ1n) is 4.75. The second-order valence-corrected chi connectivity index (χ2v) is 8.19. The minimum absolute atomic E-state index is 0.374. The van der Waals surface area contributed by atoms with E-state index in [2.05, 4.69) is 31.2 Å². The minimum Gasteiger partial charge on any atom is -0.150 e. The van der Waals surface area contributed by atoms with E-state index in [1.165, 1.54) is 5.56 Å². The van der Waals surface area contributed by atoms with Crippen molar-refractivity contribution in [2.24, 2.45) is 0 Å². The molecule has 14 heavy (non-hydrogen) atoms. The van der Waals surface area contributed by atoms with Crippen LogP contribution in [0.3, 0.4) is 0 Å². The maximum atomic E-state index is 5.96. The molecule has 0 saturated heterocycles. The van der Waals surface area contributed by atoms with Crippen molar-refractivity contribution >= 4 is 35.7 Å². The fraction of sp³-hybridized carbons (Fsp3) is 0.273. The van der Waals surface area contributed by atoms with Crippen molar-refractivity contribution in [2.75, 3.05) is 0 Å². The van der Waals surface area contributed by atoms with Crippen LogP contribution in [0.5, 0.6) is 0 Å². The second kappa shape index (κ2) is 6.28. The molecular weight excluding hydrogens is 231 g/mol. The summed E-state index contributed by atoms with van der Waals surface area (Å²) >= 11 is 11.9. The maximum absolute atomic E-state index is 5.96. The Balaban J connectivity index is 2.63. The summed E-state index contributed by atoms with van der Waals surface area (Å²) in [5.74, 6) is 0. The maximum Gasteiger partial charge on any atom is 0.243 e. The van der Waals surface area contributed by atoms with Crippen LogP contribution in [0.15, 0.2) is 36.4 Å². The monoisotopic (exact) mass is 244 g/mol. The van der Waals surface area contributed by atoms with E-state index in [-0.39, 0.29) is 0 Å². The number of hydrogen-bond donors (Lipinski definition) is 0. The van der Waals surface area contributed by atoms with E-state index in [4.69, 9.17) is 22.2 Å². The van der Waals surface area contributed by atoms with Gasteiger partial charge in [-0.05, 0) is 11.1 Å². The molecule has 0 radical (unpaired) electrons. The predicted octanol–water partition coefficient (Wildman–Crippen LogP) is 4.18. The van der Waals surface area contributed by atoms with E-state index in [1.54, 1.807) is 0 Å². The quantitative estimate of drug-likeness (QED) is 0.551. The van der Waals surface area contributed by atoms with E-state index in [0.717, 1.165) is 6.42 Å². The highest BCUT2D eigenvalue weighted by atomic mass is 35.7. The van der Waals surface area contributed by atoms with Gasteiger partial charge < -0.3 is 0 Å². The molecular formula is C11H14Cl2Si. The average molecular weight is 245 g/mol. The van der Waals surface area contributed by atoms with Crippen LogP contribution in [0.2, 0.25) is 5.54 Å². The normalized spacial score (nSPS) is 13.7. The standard InChI is InChI=1S/C11H14Cl2Si/c1-2-11(14(12)13)9-8-10-6-4-3-5-7-10/h3-9,11,14H,2H2,1H3/b9-8+. The van der Waals surface area contributed by atoms with Crippen molar-refractivity contribution in [2.45, 2.75) is 18.9 Å². The van der Waals surface area contributed by atoms with Crippen molar-refractivity contribution < 1.29 is 0 Å². The molecule has 1 unspecified atom stereocenters. The van der Waals surface area contributed by atoms with E-state index < -0.39 is 7.42 Å². The van der Waals surface area contributed by atoms with Crippen molar-refractivity contribution in [3.8, 4) is 0 Å². The summed E-state index contributed by atoms with van der Waals surface area (Å²) in [5, 5.41) is 0. The van der Waals surface area contributed by atoms with Crippen LogP contribution in [-0.2, 0) is 0 Å². The average Bonchev–Trinajstić information content (AvgIpc) is 2.20. The highest BCUT2D eigenvalue weighted by Gasteiger charge is 2.13. The molecule has 76 valence electrons. The summed E-state index contributed by atoms with van der Waals surface area (Å²) in [4.78, 5) is 0. The lowest BCUT2D eigenvalue weighted by molar-refractivity contribution is 0.950. The molecule has 0 N–H and O–H groups in total. The van der Waals surface area contributed by atoms with Crippen molar-refractivity contribution in [1.29, 1.82) is 0 Å². The van der Waals surface area contributed by atoms with Crippen LogP contribution >= 0.6 is 22.2 Å². The van der Waals surface area contributed by atoms with Gasteiger partial charge in [0, 0.05) is 0 Å². The summed E-state index contributed by atoms with van der Waals surface area (Å²) < 4.78 is 0. The number of benzene rings is 1. The largest absolute Gasteiger partial charge is 0.243 e. The summed E-state index contributed by atoms with van der Waals surface area (Å²) in [6.07, 6.45) is 5.25. The third-order valence-electron chi connectivity index (χ3n) is 2.13. The van der Waals surface area contributed by atoms with Crippen LogP contribution in [0.4, 0.5) is 0 Å². The number of rotatable bonds is 4. The Bertz CT molecular complexity index is 283. The van der Waals surface area contributed by atoms with E-state index in [0.29, 0.717) is 5.54 Å². The number of allylic oxidation sites excluding steroid dienone is 1. The molecule has 0 aliphatic rings. The lowest BCUT2D eigenvalue weighted by Gasteiger charge is -2.08. The van der Waals surface area contributed by atoms with Crippen LogP contribution in [-0.4, -0.2) is 7.42 Å². The molecule has 1 aromatic carbocycles.